The van der Waals surface area contributed by atoms with Crippen LogP contribution in [0.15, 0.2) is 11.6 Å². The monoisotopic (exact) mass is 340 g/mol. The molecule has 4 nitrogen and oxygen atoms in total. The maximum absolute atomic E-state index is 12.3. The number of fused-ring (bicyclic) bond motifs is 2. The minimum Gasteiger partial charge on any atom is -0.461 e. The molecule has 0 saturated carbocycles. The zero-order valence-electron chi connectivity index (χ0n) is 16.4. The van der Waals surface area contributed by atoms with E-state index in [-0.39, 0.29) is 5.97 Å². The summed E-state index contributed by atoms with van der Waals surface area (Å²) >= 11 is 0. The molecule has 25 heavy (non-hydrogen) atoms. The second kappa shape index (κ2) is 6.32. The van der Waals surface area contributed by atoms with Gasteiger partial charge in [0.25, 0.3) is 0 Å². The Morgan fingerprint density at radius 3 is 2.60 bits per heavy atom. The van der Waals surface area contributed by atoms with Gasteiger partial charge in [-0.25, -0.2) is 9.78 Å². The summed E-state index contributed by atoms with van der Waals surface area (Å²) in [6.45, 7) is 15.3. The Balaban J connectivity index is 2.31. The molecule has 0 amide bonds. The predicted molar refractivity (Wildman–Crippen MR) is 101 cm³/mol. The molecule has 0 N–H and O–H groups in total. The largest absolute Gasteiger partial charge is 0.461 e. The van der Waals surface area contributed by atoms with E-state index >= 15 is 0 Å². The number of allylic oxidation sites excluding steroid dienone is 2. The van der Waals surface area contributed by atoms with Gasteiger partial charge in [0, 0.05) is 17.0 Å². The summed E-state index contributed by atoms with van der Waals surface area (Å²) in [7, 11) is 0. The highest BCUT2D eigenvalue weighted by Gasteiger charge is 2.32. The number of carbonyl (C=O) groups excluding carboxylic acids is 1. The SMILES string of the molecule is CCOC(=O)c1nc2cc3n(c(CC(C)C)c-2c1C)[C@H](C)C(C)=C3C. The fourth-order valence-electron chi connectivity index (χ4n) is 3.93. The maximum atomic E-state index is 12.3. The topological polar surface area (TPSA) is 44.1 Å². The van der Waals surface area contributed by atoms with Gasteiger partial charge in [0.05, 0.1) is 18.3 Å². The number of rotatable bonds is 4. The number of hydrogen-bond donors (Lipinski definition) is 0. The quantitative estimate of drug-likeness (QED) is 0.732. The molecule has 3 rings (SSSR count). The Hall–Kier alpha value is -2.10. The molecule has 0 bridgehead atoms. The number of ether oxygens (including phenoxy) is 1. The van der Waals surface area contributed by atoms with Gasteiger partial charge >= 0.3 is 5.97 Å². The minimum atomic E-state index is -0.326. The summed E-state index contributed by atoms with van der Waals surface area (Å²) in [5, 5.41) is 0. The molecule has 0 unspecified atom stereocenters. The van der Waals surface area contributed by atoms with Crippen LogP contribution in [0.4, 0.5) is 0 Å². The van der Waals surface area contributed by atoms with Gasteiger partial charge in [-0.05, 0) is 69.7 Å². The lowest BCUT2D eigenvalue weighted by molar-refractivity contribution is 0.0519. The first-order chi connectivity index (χ1) is 11.8. The first-order valence-electron chi connectivity index (χ1n) is 9.17. The van der Waals surface area contributed by atoms with Crippen LogP contribution in [0.5, 0.6) is 0 Å². The van der Waals surface area contributed by atoms with Crippen LogP contribution < -0.4 is 0 Å². The highest BCUT2D eigenvalue weighted by molar-refractivity contribution is 5.94. The number of nitrogens with zero attached hydrogens (tertiary/aromatic N) is 2. The molecule has 0 aromatic heterocycles. The first-order valence-corrected chi connectivity index (χ1v) is 9.17. The van der Waals surface area contributed by atoms with E-state index in [0.717, 1.165) is 23.2 Å². The average Bonchev–Trinajstić information content (AvgIpc) is 2.98. The van der Waals surface area contributed by atoms with Crippen molar-refractivity contribution in [3.8, 4) is 11.3 Å². The van der Waals surface area contributed by atoms with E-state index in [0.29, 0.717) is 24.3 Å². The third kappa shape index (κ3) is 2.68. The predicted octanol–water partition coefficient (Wildman–Crippen LogP) is 5.04. The van der Waals surface area contributed by atoms with E-state index in [2.05, 4.69) is 50.2 Å². The summed E-state index contributed by atoms with van der Waals surface area (Å²) in [6, 6.07) is 2.48. The van der Waals surface area contributed by atoms with Crippen LogP contribution in [-0.2, 0) is 11.2 Å². The van der Waals surface area contributed by atoms with Crippen molar-refractivity contribution >= 4 is 11.5 Å². The molecule has 0 saturated heterocycles. The van der Waals surface area contributed by atoms with E-state index in [4.69, 9.17) is 4.74 Å². The van der Waals surface area contributed by atoms with Crippen LogP contribution >= 0.6 is 0 Å². The maximum Gasteiger partial charge on any atom is 0.357 e. The summed E-state index contributed by atoms with van der Waals surface area (Å²) in [4.78, 5) is 17.0. The van der Waals surface area contributed by atoms with Crippen molar-refractivity contribution in [2.45, 2.75) is 60.9 Å². The molecule has 0 aromatic rings. The van der Waals surface area contributed by atoms with Gasteiger partial charge in [-0.1, -0.05) is 13.8 Å². The summed E-state index contributed by atoms with van der Waals surface area (Å²) < 4.78 is 7.64. The smallest absolute Gasteiger partial charge is 0.357 e. The molecule has 4 heteroatoms. The van der Waals surface area contributed by atoms with Gasteiger partial charge in [-0.3, -0.25) is 0 Å². The molecule has 3 aliphatic rings. The Morgan fingerprint density at radius 2 is 2.00 bits per heavy atom. The Bertz CT molecular complexity index is 842. The zero-order chi connectivity index (χ0) is 18.5. The molecular formula is C21H28N2O2. The van der Waals surface area contributed by atoms with Crippen LogP contribution in [0.25, 0.3) is 16.8 Å². The lowest BCUT2D eigenvalue weighted by Crippen LogP contribution is -2.15. The van der Waals surface area contributed by atoms with Crippen molar-refractivity contribution in [3.63, 3.8) is 0 Å². The van der Waals surface area contributed by atoms with Crippen molar-refractivity contribution in [1.29, 1.82) is 0 Å². The van der Waals surface area contributed by atoms with Crippen molar-refractivity contribution in [3.05, 3.63) is 34.3 Å². The van der Waals surface area contributed by atoms with Crippen LogP contribution in [0.3, 0.4) is 0 Å². The van der Waals surface area contributed by atoms with Gasteiger partial charge in [0.1, 0.15) is 0 Å². The molecule has 0 spiro atoms. The molecule has 3 aliphatic heterocycles. The zero-order valence-corrected chi connectivity index (χ0v) is 16.4. The van der Waals surface area contributed by atoms with Crippen LogP contribution in [0, 0.1) is 12.8 Å². The average molecular weight is 340 g/mol. The Labute approximate surface area is 150 Å². The molecule has 0 fully saturated rings. The normalized spacial score (nSPS) is 16.9. The molecule has 3 heterocycles. The fraction of sp³-hybridized carbons (Fsp3) is 0.524. The number of hydrogen-bond acceptors (Lipinski definition) is 3. The van der Waals surface area contributed by atoms with Crippen molar-refractivity contribution in [2.24, 2.45) is 5.92 Å². The molecule has 0 aromatic carbocycles. The molecule has 1 atom stereocenters. The van der Waals surface area contributed by atoms with Gasteiger partial charge in [0.2, 0.25) is 0 Å². The van der Waals surface area contributed by atoms with Gasteiger partial charge < -0.3 is 9.30 Å². The minimum absolute atomic E-state index is 0.326. The lowest BCUT2D eigenvalue weighted by Gasteiger charge is -2.23. The standard InChI is InChI=1S/C21H28N2O2/c1-8-25-21(24)20-14(6)19-16(22-20)10-17-13(5)12(4)15(7)23(17)18(19)9-11(2)3/h10-11,15H,8-9H2,1-7H3/t15-/m1/s1. The second-order valence-corrected chi connectivity index (χ2v) is 7.49. The van der Waals surface area contributed by atoms with Crippen LogP contribution in [0.1, 0.15) is 75.0 Å². The Kier molecular flexibility index (Phi) is 4.48. The number of esters is 1. The number of pyridine rings is 1. The van der Waals surface area contributed by atoms with E-state index < -0.39 is 0 Å². The lowest BCUT2D eigenvalue weighted by atomic mass is 9.96. The summed E-state index contributed by atoms with van der Waals surface area (Å²) in [6.07, 6.45) is 0.962. The summed E-state index contributed by atoms with van der Waals surface area (Å²) in [5.41, 5.74) is 8.65. The fourth-order valence-corrected chi connectivity index (χ4v) is 3.93. The molecule has 134 valence electrons. The number of aromatic nitrogens is 2. The second-order valence-electron chi connectivity index (χ2n) is 7.49. The van der Waals surface area contributed by atoms with E-state index in [1.165, 1.54) is 22.5 Å². The first kappa shape index (κ1) is 17.7. The van der Waals surface area contributed by atoms with Crippen LogP contribution in [0.2, 0.25) is 0 Å². The van der Waals surface area contributed by atoms with Crippen molar-refractivity contribution in [2.75, 3.05) is 6.61 Å². The van der Waals surface area contributed by atoms with Gasteiger partial charge in [0.15, 0.2) is 5.69 Å². The van der Waals surface area contributed by atoms with E-state index in [1.54, 1.807) is 0 Å². The van der Waals surface area contributed by atoms with Gasteiger partial charge in [-0.2, -0.15) is 0 Å². The highest BCUT2D eigenvalue weighted by atomic mass is 16.5. The Morgan fingerprint density at radius 1 is 1.32 bits per heavy atom. The van der Waals surface area contributed by atoms with Gasteiger partial charge in [-0.15, -0.1) is 0 Å². The van der Waals surface area contributed by atoms with E-state index in [9.17, 15) is 4.79 Å². The third-order valence-electron chi connectivity index (χ3n) is 5.39. The molecule has 0 aliphatic carbocycles. The van der Waals surface area contributed by atoms with Crippen molar-refractivity contribution < 1.29 is 9.53 Å². The highest BCUT2D eigenvalue weighted by Crippen LogP contribution is 2.43. The number of carbonyl (C=O) groups is 1. The molecule has 0 radical (unpaired) electrons. The van der Waals surface area contributed by atoms with Crippen molar-refractivity contribution in [1.82, 2.24) is 9.55 Å². The van der Waals surface area contributed by atoms with Crippen LogP contribution in [-0.4, -0.2) is 22.1 Å². The third-order valence-corrected chi connectivity index (χ3v) is 5.39. The summed E-state index contributed by atoms with van der Waals surface area (Å²) in [5.74, 6) is 0.198. The molecular weight excluding hydrogens is 312 g/mol. The van der Waals surface area contributed by atoms with E-state index in [1.807, 2.05) is 13.8 Å².